The lowest BCUT2D eigenvalue weighted by atomic mass is 10.0. The van der Waals surface area contributed by atoms with E-state index < -0.39 is 18.0 Å². The summed E-state index contributed by atoms with van der Waals surface area (Å²) in [7, 11) is 1.53. The molecule has 2 aromatic rings. The van der Waals surface area contributed by atoms with Gasteiger partial charge in [-0.3, -0.25) is 9.59 Å². The fourth-order valence-corrected chi connectivity index (χ4v) is 3.18. The van der Waals surface area contributed by atoms with Crippen LogP contribution in [-0.2, 0) is 33.6 Å². The number of carbonyl (C=O) groups is 2. The minimum Gasteiger partial charge on any atom is -0.495 e. The van der Waals surface area contributed by atoms with Crippen LogP contribution in [0.2, 0.25) is 0 Å². The standard InChI is InChI=1S/C21H23NO4/c1-14(21(24)22-18-8-3-4-9-19(18)25-2)26-20(23)13-15-10-11-16-6-5-7-17(16)12-15/h3-4,8-12,14H,5-7,13H2,1-2H3,(H,22,24)/t14-/m0/s1. The molecular weight excluding hydrogens is 330 g/mol. The van der Waals surface area contributed by atoms with Crippen LogP contribution in [0.25, 0.3) is 0 Å². The highest BCUT2D eigenvalue weighted by Gasteiger charge is 2.20. The van der Waals surface area contributed by atoms with E-state index >= 15 is 0 Å². The van der Waals surface area contributed by atoms with Crippen molar-refractivity contribution in [1.29, 1.82) is 0 Å². The van der Waals surface area contributed by atoms with E-state index in [4.69, 9.17) is 9.47 Å². The topological polar surface area (TPSA) is 64.6 Å². The molecule has 0 fully saturated rings. The molecule has 5 nitrogen and oxygen atoms in total. The van der Waals surface area contributed by atoms with E-state index in [0.29, 0.717) is 11.4 Å². The maximum Gasteiger partial charge on any atom is 0.311 e. The number of carbonyl (C=O) groups excluding carboxylic acids is 2. The van der Waals surface area contributed by atoms with Crippen LogP contribution in [0.3, 0.4) is 0 Å². The van der Waals surface area contributed by atoms with Gasteiger partial charge in [0.1, 0.15) is 5.75 Å². The zero-order chi connectivity index (χ0) is 18.5. The highest BCUT2D eigenvalue weighted by atomic mass is 16.5. The number of esters is 1. The van der Waals surface area contributed by atoms with Gasteiger partial charge in [0.25, 0.3) is 5.91 Å². The smallest absolute Gasteiger partial charge is 0.311 e. The summed E-state index contributed by atoms with van der Waals surface area (Å²) < 4.78 is 10.5. The first-order valence-corrected chi connectivity index (χ1v) is 8.81. The molecule has 0 saturated heterocycles. The van der Waals surface area contributed by atoms with E-state index in [2.05, 4.69) is 17.4 Å². The average molecular weight is 353 g/mol. The number of amides is 1. The van der Waals surface area contributed by atoms with Gasteiger partial charge in [-0.2, -0.15) is 0 Å². The fraction of sp³-hybridized carbons (Fsp3) is 0.333. The molecular formula is C21H23NO4. The molecule has 1 atom stereocenters. The summed E-state index contributed by atoms with van der Waals surface area (Å²) >= 11 is 0. The van der Waals surface area contributed by atoms with Gasteiger partial charge >= 0.3 is 5.97 Å². The third-order valence-corrected chi connectivity index (χ3v) is 4.55. The Morgan fingerprint density at radius 2 is 1.88 bits per heavy atom. The van der Waals surface area contributed by atoms with Gasteiger partial charge in [-0.1, -0.05) is 30.3 Å². The predicted octanol–water partition coefficient (Wildman–Crippen LogP) is 3.30. The number of anilines is 1. The molecule has 1 aliphatic rings. The molecule has 136 valence electrons. The number of hydrogen-bond acceptors (Lipinski definition) is 4. The number of methoxy groups -OCH3 is 1. The second-order valence-electron chi connectivity index (χ2n) is 6.46. The SMILES string of the molecule is COc1ccccc1NC(=O)[C@H](C)OC(=O)Cc1ccc2c(c1)CCC2. The number of rotatable bonds is 6. The molecule has 1 amide bonds. The van der Waals surface area contributed by atoms with Crippen molar-refractivity contribution >= 4 is 17.6 Å². The van der Waals surface area contributed by atoms with Gasteiger partial charge in [0.2, 0.25) is 0 Å². The third kappa shape index (κ3) is 4.23. The van der Waals surface area contributed by atoms with Crippen LogP contribution in [0, 0.1) is 0 Å². The molecule has 1 aliphatic carbocycles. The molecule has 26 heavy (non-hydrogen) atoms. The number of ether oxygens (including phenoxy) is 2. The van der Waals surface area contributed by atoms with Gasteiger partial charge in [-0.15, -0.1) is 0 Å². The monoisotopic (exact) mass is 353 g/mol. The Morgan fingerprint density at radius 3 is 2.69 bits per heavy atom. The molecule has 0 heterocycles. The van der Waals surface area contributed by atoms with Crippen molar-refractivity contribution in [1.82, 2.24) is 0 Å². The first kappa shape index (κ1) is 18.0. The minimum atomic E-state index is -0.887. The number of hydrogen-bond donors (Lipinski definition) is 1. The van der Waals surface area contributed by atoms with E-state index in [1.807, 2.05) is 12.1 Å². The fourth-order valence-electron chi connectivity index (χ4n) is 3.18. The Balaban J connectivity index is 1.56. The van der Waals surface area contributed by atoms with Gasteiger partial charge in [-0.25, -0.2) is 0 Å². The lowest BCUT2D eigenvalue weighted by Gasteiger charge is -2.15. The van der Waals surface area contributed by atoms with Gasteiger partial charge in [0, 0.05) is 0 Å². The summed E-state index contributed by atoms with van der Waals surface area (Å²) in [6.45, 7) is 1.56. The summed E-state index contributed by atoms with van der Waals surface area (Å²) in [5, 5.41) is 2.72. The van der Waals surface area contributed by atoms with Crippen LogP contribution in [0.5, 0.6) is 5.75 Å². The van der Waals surface area contributed by atoms with E-state index in [1.165, 1.54) is 24.7 Å². The Bertz CT molecular complexity index is 815. The third-order valence-electron chi connectivity index (χ3n) is 4.55. The number of nitrogens with one attached hydrogen (secondary N) is 1. The molecule has 0 radical (unpaired) electrons. The molecule has 0 saturated carbocycles. The van der Waals surface area contributed by atoms with Crippen LogP contribution in [0.1, 0.15) is 30.0 Å². The maximum absolute atomic E-state index is 12.3. The summed E-state index contributed by atoms with van der Waals surface area (Å²) in [5.41, 5.74) is 4.15. The quantitative estimate of drug-likeness (QED) is 0.810. The normalized spacial score (nSPS) is 13.6. The van der Waals surface area contributed by atoms with Crippen molar-refractivity contribution < 1.29 is 19.1 Å². The van der Waals surface area contributed by atoms with Crippen LogP contribution in [0.15, 0.2) is 42.5 Å². The largest absolute Gasteiger partial charge is 0.495 e. The lowest BCUT2D eigenvalue weighted by Crippen LogP contribution is -2.30. The highest BCUT2D eigenvalue weighted by Crippen LogP contribution is 2.24. The zero-order valence-corrected chi connectivity index (χ0v) is 15.1. The first-order chi connectivity index (χ1) is 12.6. The van der Waals surface area contributed by atoms with Gasteiger partial charge in [-0.05, 0) is 55.0 Å². The molecule has 0 aliphatic heterocycles. The van der Waals surface area contributed by atoms with Gasteiger partial charge < -0.3 is 14.8 Å². The van der Waals surface area contributed by atoms with Crippen molar-refractivity contribution in [3.63, 3.8) is 0 Å². The van der Waals surface area contributed by atoms with E-state index in [9.17, 15) is 9.59 Å². The zero-order valence-electron chi connectivity index (χ0n) is 15.1. The minimum absolute atomic E-state index is 0.166. The summed E-state index contributed by atoms with van der Waals surface area (Å²) in [5.74, 6) is -0.250. The Kier molecular flexibility index (Phi) is 5.56. The van der Waals surface area contributed by atoms with Crippen molar-refractivity contribution in [2.75, 3.05) is 12.4 Å². The van der Waals surface area contributed by atoms with Crippen molar-refractivity contribution in [2.24, 2.45) is 0 Å². The van der Waals surface area contributed by atoms with Crippen LogP contribution < -0.4 is 10.1 Å². The van der Waals surface area contributed by atoms with Gasteiger partial charge in [0.15, 0.2) is 6.10 Å². The number of aryl methyl sites for hydroxylation is 2. The molecule has 5 heteroatoms. The van der Waals surface area contributed by atoms with Gasteiger partial charge in [0.05, 0.1) is 19.2 Å². The average Bonchev–Trinajstić information content (AvgIpc) is 3.09. The highest BCUT2D eigenvalue weighted by molar-refractivity contribution is 5.96. The second kappa shape index (κ2) is 8.04. The molecule has 3 rings (SSSR count). The maximum atomic E-state index is 12.3. The van der Waals surface area contributed by atoms with Crippen LogP contribution in [0.4, 0.5) is 5.69 Å². The Morgan fingerprint density at radius 1 is 1.12 bits per heavy atom. The predicted molar refractivity (Wildman–Crippen MR) is 99.3 cm³/mol. The Labute approximate surface area is 153 Å². The van der Waals surface area contributed by atoms with Crippen molar-refractivity contribution in [3.8, 4) is 5.75 Å². The number of benzene rings is 2. The summed E-state index contributed by atoms with van der Waals surface area (Å²) in [4.78, 5) is 24.5. The molecule has 2 aromatic carbocycles. The molecule has 0 unspecified atom stereocenters. The summed E-state index contributed by atoms with van der Waals surface area (Å²) in [6.07, 6.45) is 2.63. The molecule has 1 N–H and O–H groups in total. The number of para-hydroxylation sites is 2. The van der Waals surface area contributed by atoms with E-state index in [0.717, 1.165) is 18.4 Å². The number of fused-ring (bicyclic) bond motifs is 1. The summed E-state index contributed by atoms with van der Waals surface area (Å²) in [6, 6.07) is 13.2. The molecule has 0 spiro atoms. The van der Waals surface area contributed by atoms with Crippen LogP contribution >= 0.6 is 0 Å². The van der Waals surface area contributed by atoms with E-state index in [-0.39, 0.29) is 6.42 Å². The Hall–Kier alpha value is -2.82. The molecule has 0 aromatic heterocycles. The van der Waals surface area contributed by atoms with Crippen molar-refractivity contribution in [2.45, 2.75) is 38.7 Å². The second-order valence-corrected chi connectivity index (χ2v) is 6.46. The van der Waals surface area contributed by atoms with E-state index in [1.54, 1.807) is 25.1 Å². The van der Waals surface area contributed by atoms with Crippen molar-refractivity contribution in [3.05, 3.63) is 59.2 Å². The lowest BCUT2D eigenvalue weighted by molar-refractivity contribution is -0.152. The first-order valence-electron chi connectivity index (χ1n) is 8.81. The van der Waals surface area contributed by atoms with Crippen LogP contribution in [-0.4, -0.2) is 25.1 Å². The molecule has 0 bridgehead atoms.